The van der Waals surface area contributed by atoms with Gasteiger partial charge in [-0.1, -0.05) is 19.3 Å². The summed E-state index contributed by atoms with van der Waals surface area (Å²) in [6.45, 7) is 5.29. The lowest BCUT2D eigenvalue weighted by Crippen LogP contribution is -2.43. The van der Waals surface area contributed by atoms with Gasteiger partial charge in [-0.15, -0.1) is 0 Å². The minimum absolute atomic E-state index is 0.617. The van der Waals surface area contributed by atoms with Crippen LogP contribution in [0.25, 0.3) is 0 Å². The zero-order valence-corrected chi connectivity index (χ0v) is 10.2. The van der Waals surface area contributed by atoms with E-state index in [1.54, 1.807) is 0 Å². The van der Waals surface area contributed by atoms with Crippen molar-refractivity contribution in [3.8, 4) is 0 Å². The zero-order chi connectivity index (χ0) is 10.6. The van der Waals surface area contributed by atoms with Gasteiger partial charge < -0.3 is 10.2 Å². The molecule has 0 amide bonds. The molecule has 1 aliphatic heterocycles. The normalized spacial score (nSPS) is 27.0. The molecule has 0 aromatic rings. The van der Waals surface area contributed by atoms with Crippen molar-refractivity contribution < 1.29 is 0 Å². The topological polar surface area (TPSA) is 15.3 Å². The summed E-state index contributed by atoms with van der Waals surface area (Å²) >= 11 is 0. The van der Waals surface area contributed by atoms with Crippen molar-refractivity contribution in [2.75, 3.05) is 33.2 Å². The molecule has 0 bridgehead atoms. The van der Waals surface area contributed by atoms with Crippen LogP contribution in [0.2, 0.25) is 0 Å². The third kappa shape index (κ3) is 2.94. The van der Waals surface area contributed by atoms with Crippen molar-refractivity contribution in [3.05, 3.63) is 0 Å². The average Bonchev–Trinajstić information content (AvgIpc) is 2.69. The molecule has 1 saturated heterocycles. The lowest BCUT2D eigenvalue weighted by Gasteiger charge is -2.37. The number of hydrogen-bond donors (Lipinski definition) is 1. The fourth-order valence-electron chi connectivity index (χ4n) is 3.48. The van der Waals surface area contributed by atoms with E-state index in [0.717, 1.165) is 0 Å². The Morgan fingerprint density at radius 3 is 2.27 bits per heavy atom. The summed E-state index contributed by atoms with van der Waals surface area (Å²) < 4.78 is 0. The van der Waals surface area contributed by atoms with Gasteiger partial charge in [0.2, 0.25) is 0 Å². The molecular weight excluding hydrogens is 184 g/mol. The first-order valence-corrected chi connectivity index (χ1v) is 6.72. The Morgan fingerprint density at radius 1 is 1.00 bits per heavy atom. The molecule has 0 spiro atoms. The number of hydrogen-bond acceptors (Lipinski definition) is 2. The molecule has 2 aliphatic rings. The first-order chi connectivity index (χ1) is 7.35. The highest BCUT2D eigenvalue weighted by atomic mass is 15.1. The van der Waals surface area contributed by atoms with Crippen LogP contribution in [-0.2, 0) is 0 Å². The van der Waals surface area contributed by atoms with E-state index >= 15 is 0 Å². The van der Waals surface area contributed by atoms with Gasteiger partial charge in [0.05, 0.1) is 0 Å². The van der Waals surface area contributed by atoms with Crippen molar-refractivity contribution in [1.29, 1.82) is 0 Å². The third-order valence-electron chi connectivity index (χ3n) is 4.22. The van der Waals surface area contributed by atoms with Crippen molar-refractivity contribution in [2.24, 2.45) is 5.41 Å². The Balaban J connectivity index is 1.87. The van der Waals surface area contributed by atoms with Crippen molar-refractivity contribution in [1.82, 2.24) is 10.2 Å². The number of nitrogens with one attached hydrogen (secondary N) is 1. The SMILES string of the molecule is CNCC1(CN2CCCCC2)CCCC1. The van der Waals surface area contributed by atoms with E-state index in [1.807, 2.05) is 0 Å². The van der Waals surface area contributed by atoms with Crippen LogP contribution >= 0.6 is 0 Å². The molecule has 1 heterocycles. The predicted molar refractivity (Wildman–Crippen MR) is 65.1 cm³/mol. The summed E-state index contributed by atoms with van der Waals surface area (Å²) in [6.07, 6.45) is 10.1. The van der Waals surface area contributed by atoms with Crippen LogP contribution in [0.1, 0.15) is 44.9 Å². The van der Waals surface area contributed by atoms with Crippen LogP contribution in [0.3, 0.4) is 0 Å². The molecule has 2 heteroatoms. The van der Waals surface area contributed by atoms with Crippen LogP contribution < -0.4 is 5.32 Å². The summed E-state index contributed by atoms with van der Waals surface area (Å²) in [5.74, 6) is 0. The van der Waals surface area contributed by atoms with Gasteiger partial charge in [-0.2, -0.15) is 0 Å². The predicted octanol–water partition coefficient (Wildman–Crippen LogP) is 2.25. The van der Waals surface area contributed by atoms with Crippen LogP contribution in [0, 0.1) is 5.41 Å². The summed E-state index contributed by atoms with van der Waals surface area (Å²) in [5.41, 5.74) is 0.617. The summed E-state index contributed by atoms with van der Waals surface area (Å²) in [4.78, 5) is 2.71. The third-order valence-corrected chi connectivity index (χ3v) is 4.22. The van der Waals surface area contributed by atoms with E-state index in [2.05, 4.69) is 17.3 Å². The summed E-state index contributed by atoms with van der Waals surface area (Å²) in [7, 11) is 2.11. The maximum Gasteiger partial charge on any atom is 0.00501 e. The zero-order valence-electron chi connectivity index (χ0n) is 10.2. The van der Waals surface area contributed by atoms with Gasteiger partial charge in [0.25, 0.3) is 0 Å². The highest BCUT2D eigenvalue weighted by Gasteiger charge is 2.34. The Kier molecular flexibility index (Phi) is 4.04. The van der Waals surface area contributed by atoms with Crippen molar-refractivity contribution >= 4 is 0 Å². The Morgan fingerprint density at radius 2 is 1.67 bits per heavy atom. The van der Waals surface area contributed by atoms with Gasteiger partial charge in [-0.3, -0.25) is 0 Å². The second kappa shape index (κ2) is 5.31. The second-order valence-corrected chi connectivity index (χ2v) is 5.57. The maximum absolute atomic E-state index is 3.41. The average molecular weight is 210 g/mol. The second-order valence-electron chi connectivity index (χ2n) is 5.57. The molecule has 1 saturated carbocycles. The molecule has 1 aliphatic carbocycles. The molecule has 0 aromatic heterocycles. The molecule has 0 unspecified atom stereocenters. The molecule has 2 fully saturated rings. The number of rotatable bonds is 4. The molecule has 2 rings (SSSR count). The minimum Gasteiger partial charge on any atom is -0.319 e. The Bertz CT molecular complexity index is 179. The van der Waals surface area contributed by atoms with E-state index in [0.29, 0.717) is 5.41 Å². The molecule has 2 nitrogen and oxygen atoms in total. The first kappa shape index (κ1) is 11.4. The van der Waals surface area contributed by atoms with Crippen molar-refractivity contribution in [2.45, 2.75) is 44.9 Å². The van der Waals surface area contributed by atoms with Gasteiger partial charge in [-0.05, 0) is 51.2 Å². The molecule has 88 valence electrons. The minimum atomic E-state index is 0.617. The molecule has 1 N–H and O–H groups in total. The smallest absolute Gasteiger partial charge is 0.00501 e. The molecule has 15 heavy (non-hydrogen) atoms. The maximum atomic E-state index is 3.41. The van der Waals surface area contributed by atoms with Crippen LogP contribution in [0.4, 0.5) is 0 Å². The van der Waals surface area contributed by atoms with E-state index in [9.17, 15) is 0 Å². The van der Waals surface area contributed by atoms with Crippen LogP contribution in [0.15, 0.2) is 0 Å². The molecule has 0 aromatic carbocycles. The summed E-state index contributed by atoms with van der Waals surface area (Å²) in [5, 5.41) is 3.41. The Hall–Kier alpha value is -0.0800. The van der Waals surface area contributed by atoms with Gasteiger partial charge in [0, 0.05) is 13.1 Å². The number of piperidine rings is 1. The van der Waals surface area contributed by atoms with E-state index in [-0.39, 0.29) is 0 Å². The lowest BCUT2D eigenvalue weighted by atomic mass is 9.85. The van der Waals surface area contributed by atoms with Gasteiger partial charge in [0.15, 0.2) is 0 Å². The van der Waals surface area contributed by atoms with Gasteiger partial charge >= 0.3 is 0 Å². The van der Waals surface area contributed by atoms with Crippen LogP contribution in [-0.4, -0.2) is 38.1 Å². The lowest BCUT2D eigenvalue weighted by molar-refractivity contribution is 0.131. The molecular formula is C13H26N2. The fraction of sp³-hybridized carbons (Fsp3) is 1.00. The quantitative estimate of drug-likeness (QED) is 0.765. The highest BCUT2D eigenvalue weighted by molar-refractivity contribution is 4.89. The fourth-order valence-corrected chi connectivity index (χ4v) is 3.48. The monoisotopic (exact) mass is 210 g/mol. The Labute approximate surface area is 94.4 Å². The number of likely N-dealkylation sites (tertiary alicyclic amines) is 1. The molecule has 0 atom stereocenters. The van der Waals surface area contributed by atoms with E-state index in [1.165, 1.54) is 71.1 Å². The summed E-state index contributed by atoms with van der Waals surface area (Å²) in [6, 6.07) is 0. The van der Waals surface area contributed by atoms with Crippen molar-refractivity contribution in [3.63, 3.8) is 0 Å². The largest absolute Gasteiger partial charge is 0.319 e. The molecule has 0 radical (unpaired) electrons. The number of nitrogens with zero attached hydrogens (tertiary/aromatic N) is 1. The van der Waals surface area contributed by atoms with Gasteiger partial charge in [0.1, 0.15) is 0 Å². The first-order valence-electron chi connectivity index (χ1n) is 6.72. The van der Waals surface area contributed by atoms with E-state index < -0.39 is 0 Å². The van der Waals surface area contributed by atoms with Gasteiger partial charge in [-0.25, -0.2) is 0 Å². The van der Waals surface area contributed by atoms with Crippen LogP contribution in [0.5, 0.6) is 0 Å². The highest BCUT2D eigenvalue weighted by Crippen LogP contribution is 2.38. The standard InChI is InChI=1S/C13H26N2/c1-14-11-13(7-3-4-8-13)12-15-9-5-2-6-10-15/h14H,2-12H2,1H3. The van der Waals surface area contributed by atoms with E-state index in [4.69, 9.17) is 0 Å².